The molecule has 3 nitrogen and oxygen atoms in total. The first-order valence-corrected chi connectivity index (χ1v) is 7.73. The van der Waals surface area contributed by atoms with Gasteiger partial charge in [-0.25, -0.2) is 9.97 Å². The van der Waals surface area contributed by atoms with Crippen molar-refractivity contribution in [1.29, 1.82) is 0 Å². The molecule has 0 aliphatic carbocycles. The standard InChI is InChI=1S/C15H16BrN3/c16-9-12-10-17-15(18-11-12)19-8-4-3-6-13-5-1-2-7-14(13)19/h1-2,5,7,10-11H,3-4,6,8-9H2. The Morgan fingerprint density at radius 3 is 2.68 bits per heavy atom. The molecule has 0 saturated carbocycles. The van der Waals surface area contributed by atoms with Gasteiger partial charge in [-0.3, -0.25) is 0 Å². The minimum atomic E-state index is 0.796. The highest BCUT2D eigenvalue weighted by Gasteiger charge is 2.17. The number of para-hydroxylation sites is 1. The molecule has 2 heterocycles. The van der Waals surface area contributed by atoms with Crippen LogP contribution in [0.4, 0.5) is 11.6 Å². The van der Waals surface area contributed by atoms with Crippen LogP contribution in [-0.4, -0.2) is 16.5 Å². The Labute approximate surface area is 121 Å². The molecule has 0 amide bonds. The highest BCUT2D eigenvalue weighted by molar-refractivity contribution is 9.08. The Morgan fingerprint density at radius 2 is 1.89 bits per heavy atom. The molecule has 1 aliphatic heterocycles. The molecule has 98 valence electrons. The maximum absolute atomic E-state index is 4.50. The number of benzene rings is 1. The summed E-state index contributed by atoms with van der Waals surface area (Å²) in [5, 5.41) is 0.796. The minimum Gasteiger partial charge on any atom is -0.310 e. The number of rotatable bonds is 2. The lowest BCUT2D eigenvalue weighted by molar-refractivity contribution is 0.752. The number of hydrogen-bond acceptors (Lipinski definition) is 3. The largest absolute Gasteiger partial charge is 0.310 e. The highest BCUT2D eigenvalue weighted by atomic mass is 79.9. The van der Waals surface area contributed by atoms with Crippen LogP contribution in [0.15, 0.2) is 36.7 Å². The minimum absolute atomic E-state index is 0.796. The van der Waals surface area contributed by atoms with Gasteiger partial charge in [-0.05, 0) is 36.5 Å². The summed E-state index contributed by atoms with van der Waals surface area (Å²) in [7, 11) is 0. The number of fused-ring (bicyclic) bond motifs is 1. The van der Waals surface area contributed by atoms with Gasteiger partial charge in [-0.2, -0.15) is 0 Å². The Kier molecular flexibility index (Phi) is 3.78. The molecule has 2 aromatic rings. The monoisotopic (exact) mass is 317 g/mol. The highest BCUT2D eigenvalue weighted by Crippen LogP contribution is 2.30. The van der Waals surface area contributed by atoms with Gasteiger partial charge in [0.25, 0.3) is 0 Å². The van der Waals surface area contributed by atoms with E-state index in [1.165, 1.54) is 24.1 Å². The number of aromatic nitrogens is 2. The zero-order valence-corrected chi connectivity index (χ0v) is 12.3. The van der Waals surface area contributed by atoms with Crippen molar-refractivity contribution < 1.29 is 0 Å². The molecule has 0 fully saturated rings. The average molecular weight is 318 g/mol. The first-order chi connectivity index (χ1) is 9.38. The molecular weight excluding hydrogens is 302 g/mol. The van der Waals surface area contributed by atoms with Gasteiger partial charge in [-0.1, -0.05) is 34.1 Å². The predicted molar refractivity (Wildman–Crippen MR) is 81.0 cm³/mol. The molecule has 1 aromatic carbocycles. The second-order valence-corrected chi connectivity index (χ2v) is 5.32. The molecular formula is C15H16BrN3. The van der Waals surface area contributed by atoms with E-state index in [-0.39, 0.29) is 0 Å². The van der Waals surface area contributed by atoms with Crippen LogP contribution in [0.25, 0.3) is 0 Å². The van der Waals surface area contributed by atoms with Crippen molar-refractivity contribution in [2.45, 2.75) is 24.6 Å². The summed E-state index contributed by atoms with van der Waals surface area (Å²) in [6, 6.07) is 8.57. The van der Waals surface area contributed by atoms with Gasteiger partial charge in [0.15, 0.2) is 0 Å². The molecule has 0 spiro atoms. The summed E-state index contributed by atoms with van der Waals surface area (Å²) in [4.78, 5) is 11.2. The lowest BCUT2D eigenvalue weighted by atomic mass is 10.1. The maximum atomic E-state index is 4.50. The molecule has 0 atom stereocenters. The van der Waals surface area contributed by atoms with Crippen LogP contribution in [0, 0.1) is 0 Å². The SMILES string of the molecule is BrCc1cnc(N2CCCCc3ccccc32)nc1. The van der Waals surface area contributed by atoms with E-state index in [1.807, 2.05) is 12.4 Å². The number of nitrogens with zero attached hydrogens (tertiary/aromatic N) is 3. The van der Waals surface area contributed by atoms with Crippen molar-refractivity contribution in [3.05, 3.63) is 47.8 Å². The van der Waals surface area contributed by atoms with Gasteiger partial charge < -0.3 is 4.90 Å². The van der Waals surface area contributed by atoms with E-state index in [4.69, 9.17) is 0 Å². The molecule has 1 aromatic heterocycles. The molecule has 0 saturated heterocycles. The molecule has 0 bridgehead atoms. The summed E-state index contributed by atoms with van der Waals surface area (Å²) >= 11 is 3.42. The van der Waals surface area contributed by atoms with Crippen molar-refractivity contribution in [1.82, 2.24) is 9.97 Å². The van der Waals surface area contributed by atoms with Crippen molar-refractivity contribution in [3.63, 3.8) is 0 Å². The predicted octanol–water partition coefficient (Wildman–Crippen LogP) is 3.85. The Balaban J connectivity index is 1.99. The summed E-state index contributed by atoms with van der Waals surface area (Å²) in [6.45, 7) is 0.991. The van der Waals surface area contributed by atoms with E-state index in [2.05, 4.69) is 55.1 Å². The van der Waals surface area contributed by atoms with Crippen LogP contribution in [0.1, 0.15) is 24.0 Å². The first-order valence-electron chi connectivity index (χ1n) is 6.61. The topological polar surface area (TPSA) is 29.0 Å². The van der Waals surface area contributed by atoms with E-state index in [9.17, 15) is 0 Å². The number of alkyl halides is 1. The Hall–Kier alpha value is -1.42. The lowest BCUT2D eigenvalue weighted by Gasteiger charge is -2.22. The normalized spacial score (nSPS) is 14.9. The third kappa shape index (κ3) is 2.63. The summed E-state index contributed by atoms with van der Waals surface area (Å²) in [6.07, 6.45) is 7.34. The van der Waals surface area contributed by atoms with Crippen molar-refractivity contribution >= 4 is 27.6 Å². The third-order valence-corrected chi connectivity index (χ3v) is 4.10. The van der Waals surface area contributed by atoms with Gasteiger partial charge in [0, 0.05) is 30.0 Å². The second kappa shape index (κ2) is 5.70. The fourth-order valence-corrected chi connectivity index (χ4v) is 2.75. The van der Waals surface area contributed by atoms with E-state index in [0.29, 0.717) is 0 Å². The Morgan fingerprint density at radius 1 is 1.11 bits per heavy atom. The van der Waals surface area contributed by atoms with Crippen LogP contribution >= 0.6 is 15.9 Å². The van der Waals surface area contributed by atoms with E-state index in [0.717, 1.165) is 29.8 Å². The van der Waals surface area contributed by atoms with E-state index in [1.54, 1.807) is 0 Å². The third-order valence-electron chi connectivity index (χ3n) is 3.45. The van der Waals surface area contributed by atoms with Gasteiger partial charge in [0.05, 0.1) is 0 Å². The molecule has 19 heavy (non-hydrogen) atoms. The smallest absolute Gasteiger partial charge is 0.229 e. The number of hydrogen-bond donors (Lipinski definition) is 0. The van der Waals surface area contributed by atoms with Crippen LogP contribution in [0.3, 0.4) is 0 Å². The lowest BCUT2D eigenvalue weighted by Crippen LogP contribution is -2.20. The van der Waals surface area contributed by atoms with Crippen molar-refractivity contribution in [2.24, 2.45) is 0 Å². The number of anilines is 2. The molecule has 4 heteroatoms. The van der Waals surface area contributed by atoms with Gasteiger partial charge in [0.2, 0.25) is 5.95 Å². The van der Waals surface area contributed by atoms with Crippen molar-refractivity contribution in [3.8, 4) is 0 Å². The zero-order chi connectivity index (χ0) is 13.1. The maximum Gasteiger partial charge on any atom is 0.229 e. The van der Waals surface area contributed by atoms with Gasteiger partial charge >= 0.3 is 0 Å². The summed E-state index contributed by atoms with van der Waals surface area (Å²) in [5.74, 6) is 0.805. The first kappa shape index (κ1) is 12.6. The average Bonchev–Trinajstić information content (AvgIpc) is 2.70. The van der Waals surface area contributed by atoms with E-state index < -0.39 is 0 Å². The molecule has 1 aliphatic rings. The van der Waals surface area contributed by atoms with Crippen LogP contribution < -0.4 is 4.90 Å². The molecule has 0 radical (unpaired) electrons. The quantitative estimate of drug-likeness (QED) is 0.788. The Bertz CT molecular complexity index is 554. The second-order valence-electron chi connectivity index (χ2n) is 4.76. The molecule has 3 rings (SSSR count). The summed E-state index contributed by atoms with van der Waals surface area (Å²) in [5.41, 5.74) is 3.76. The zero-order valence-electron chi connectivity index (χ0n) is 10.7. The summed E-state index contributed by atoms with van der Waals surface area (Å²) < 4.78 is 0. The molecule has 0 N–H and O–H groups in total. The van der Waals surface area contributed by atoms with Gasteiger partial charge in [0.1, 0.15) is 0 Å². The fraction of sp³-hybridized carbons (Fsp3) is 0.333. The van der Waals surface area contributed by atoms with Crippen molar-refractivity contribution in [2.75, 3.05) is 11.4 Å². The van der Waals surface area contributed by atoms with E-state index >= 15 is 0 Å². The number of aryl methyl sites for hydroxylation is 1. The fourth-order valence-electron chi connectivity index (χ4n) is 2.46. The molecule has 0 unspecified atom stereocenters. The van der Waals surface area contributed by atoms with Crippen LogP contribution in [0.5, 0.6) is 0 Å². The van der Waals surface area contributed by atoms with Crippen LogP contribution in [0.2, 0.25) is 0 Å². The number of halogens is 1. The van der Waals surface area contributed by atoms with Crippen LogP contribution in [-0.2, 0) is 11.8 Å². The van der Waals surface area contributed by atoms with Gasteiger partial charge in [-0.15, -0.1) is 0 Å².